The van der Waals surface area contributed by atoms with Gasteiger partial charge < -0.3 is 16.0 Å². The van der Waals surface area contributed by atoms with Gasteiger partial charge in [-0.3, -0.25) is 9.59 Å². The van der Waals surface area contributed by atoms with Gasteiger partial charge in [-0.25, -0.2) is 0 Å². The van der Waals surface area contributed by atoms with Crippen LogP contribution in [0.2, 0.25) is 5.02 Å². The summed E-state index contributed by atoms with van der Waals surface area (Å²) >= 11 is 6.06. The first-order chi connectivity index (χ1) is 10.9. The molecule has 1 atom stereocenters. The maximum atomic E-state index is 12.7. The third-order valence-electron chi connectivity index (χ3n) is 4.19. The molecule has 0 bridgehead atoms. The van der Waals surface area contributed by atoms with Crippen molar-refractivity contribution >= 4 is 35.8 Å². The Morgan fingerprint density at radius 2 is 1.83 bits per heavy atom. The fourth-order valence-electron chi connectivity index (χ4n) is 2.69. The lowest BCUT2D eigenvalue weighted by Crippen LogP contribution is -2.54. The fourth-order valence-corrected chi connectivity index (χ4v) is 2.92. The number of nitrogens with zero attached hydrogens (tertiary/aromatic N) is 1. The Hall–Kier alpha value is -1.30. The maximum absolute atomic E-state index is 12.7. The summed E-state index contributed by atoms with van der Waals surface area (Å²) in [7, 11) is 0. The van der Waals surface area contributed by atoms with Crippen LogP contribution in [0, 0.1) is 5.92 Å². The van der Waals surface area contributed by atoms with E-state index in [1.54, 1.807) is 29.2 Å². The standard InChI is InChI=1S/C17H24ClN3O2.ClH/c1-11(2)15(17(23)21-9-7-12(19)8-10-21)20-16(22)13-5-3-4-6-14(13)18;/h3-6,11-12,15H,7-10,19H2,1-2H3,(H,20,22);1H. The van der Waals surface area contributed by atoms with Gasteiger partial charge in [0.2, 0.25) is 5.91 Å². The molecule has 1 aliphatic heterocycles. The van der Waals surface area contributed by atoms with Crippen LogP contribution in [-0.2, 0) is 4.79 Å². The third-order valence-corrected chi connectivity index (χ3v) is 4.52. The number of carbonyl (C=O) groups excluding carboxylic acids is 2. The number of amides is 2. The SMILES string of the molecule is CC(C)C(NC(=O)c1ccccc1Cl)C(=O)N1CCC(N)CC1.Cl. The van der Waals surface area contributed by atoms with E-state index in [2.05, 4.69) is 5.32 Å². The maximum Gasteiger partial charge on any atom is 0.253 e. The zero-order chi connectivity index (χ0) is 17.0. The molecule has 0 radical (unpaired) electrons. The molecule has 7 heteroatoms. The Bertz CT molecular complexity index is 573. The summed E-state index contributed by atoms with van der Waals surface area (Å²) in [4.78, 5) is 27.0. The Morgan fingerprint density at radius 1 is 1.25 bits per heavy atom. The van der Waals surface area contributed by atoms with E-state index < -0.39 is 6.04 Å². The molecule has 2 rings (SSSR count). The quantitative estimate of drug-likeness (QED) is 0.850. The Kier molecular flexibility index (Phi) is 8.00. The van der Waals surface area contributed by atoms with E-state index in [1.807, 2.05) is 13.8 Å². The van der Waals surface area contributed by atoms with E-state index in [-0.39, 0.29) is 36.2 Å². The Labute approximate surface area is 154 Å². The number of likely N-dealkylation sites (tertiary alicyclic amines) is 1. The number of rotatable bonds is 4. The smallest absolute Gasteiger partial charge is 0.253 e. The second kappa shape index (κ2) is 9.25. The zero-order valence-corrected chi connectivity index (χ0v) is 15.6. The summed E-state index contributed by atoms with van der Waals surface area (Å²) in [6.45, 7) is 5.13. The average molecular weight is 374 g/mol. The molecule has 1 heterocycles. The van der Waals surface area contributed by atoms with Gasteiger partial charge >= 0.3 is 0 Å². The minimum absolute atomic E-state index is 0. The molecule has 0 saturated carbocycles. The van der Waals surface area contributed by atoms with Crippen molar-refractivity contribution in [2.75, 3.05) is 13.1 Å². The monoisotopic (exact) mass is 373 g/mol. The van der Waals surface area contributed by atoms with Crippen LogP contribution < -0.4 is 11.1 Å². The molecule has 0 aromatic heterocycles. The third kappa shape index (κ3) is 5.10. The number of carbonyl (C=O) groups is 2. The molecule has 0 spiro atoms. The van der Waals surface area contributed by atoms with Gasteiger partial charge in [0.1, 0.15) is 6.04 Å². The second-order valence-corrected chi connectivity index (χ2v) is 6.74. The van der Waals surface area contributed by atoms with Crippen LogP contribution >= 0.6 is 24.0 Å². The zero-order valence-electron chi connectivity index (χ0n) is 14.0. The molecule has 134 valence electrons. The van der Waals surface area contributed by atoms with Crippen molar-refractivity contribution in [3.63, 3.8) is 0 Å². The predicted octanol–water partition coefficient (Wildman–Crippen LogP) is 2.47. The van der Waals surface area contributed by atoms with Gasteiger partial charge in [-0.15, -0.1) is 12.4 Å². The number of nitrogens with one attached hydrogen (secondary N) is 1. The van der Waals surface area contributed by atoms with Crippen LogP contribution in [0.4, 0.5) is 0 Å². The van der Waals surface area contributed by atoms with Gasteiger partial charge in [-0.2, -0.15) is 0 Å². The molecular weight excluding hydrogens is 349 g/mol. The lowest BCUT2D eigenvalue weighted by atomic mass is 9.99. The molecule has 2 amide bonds. The Balaban J connectivity index is 0.00000288. The van der Waals surface area contributed by atoms with Gasteiger partial charge in [0.15, 0.2) is 0 Å². The molecule has 1 aromatic carbocycles. The van der Waals surface area contributed by atoms with Crippen molar-refractivity contribution < 1.29 is 9.59 Å². The van der Waals surface area contributed by atoms with Crippen LogP contribution in [0.15, 0.2) is 24.3 Å². The lowest BCUT2D eigenvalue weighted by Gasteiger charge is -2.34. The molecule has 5 nitrogen and oxygen atoms in total. The van der Waals surface area contributed by atoms with Crippen LogP contribution in [0.25, 0.3) is 0 Å². The van der Waals surface area contributed by atoms with Crippen molar-refractivity contribution in [3.05, 3.63) is 34.9 Å². The fraction of sp³-hybridized carbons (Fsp3) is 0.529. The number of hydrogen-bond acceptors (Lipinski definition) is 3. The van der Waals surface area contributed by atoms with Gasteiger partial charge in [-0.05, 0) is 30.9 Å². The van der Waals surface area contributed by atoms with Gasteiger partial charge in [0, 0.05) is 19.1 Å². The van der Waals surface area contributed by atoms with Gasteiger partial charge in [-0.1, -0.05) is 37.6 Å². The predicted molar refractivity (Wildman–Crippen MR) is 98.6 cm³/mol. The summed E-state index contributed by atoms with van der Waals surface area (Å²) in [5.41, 5.74) is 6.27. The van der Waals surface area contributed by atoms with Gasteiger partial charge in [0.25, 0.3) is 5.91 Å². The highest BCUT2D eigenvalue weighted by Crippen LogP contribution is 2.17. The van der Waals surface area contributed by atoms with E-state index in [9.17, 15) is 9.59 Å². The minimum atomic E-state index is -0.562. The number of nitrogens with two attached hydrogens (primary N) is 1. The van der Waals surface area contributed by atoms with E-state index in [0.717, 1.165) is 12.8 Å². The van der Waals surface area contributed by atoms with Crippen LogP contribution in [-0.4, -0.2) is 41.9 Å². The van der Waals surface area contributed by atoms with E-state index in [4.69, 9.17) is 17.3 Å². The highest BCUT2D eigenvalue weighted by atomic mass is 35.5. The van der Waals surface area contributed by atoms with Crippen LogP contribution in [0.1, 0.15) is 37.0 Å². The highest BCUT2D eigenvalue weighted by Gasteiger charge is 2.31. The van der Waals surface area contributed by atoms with Crippen LogP contribution in [0.3, 0.4) is 0 Å². The normalized spacial score (nSPS) is 16.5. The average Bonchev–Trinajstić information content (AvgIpc) is 2.52. The molecule has 1 unspecified atom stereocenters. The van der Waals surface area contributed by atoms with Crippen molar-refractivity contribution in [1.82, 2.24) is 10.2 Å². The van der Waals surface area contributed by atoms with E-state index >= 15 is 0 Å². The number of halogens is 2. The molecule has 1 aliphatic rings. The molecule has 0 aliphatic carbocycles. The summed E-state index contributed by atoms with van der Waals surface area (Å²) < 4.78 is 0. The van der Waals surface area contributed by atoms with Crippen LogP contribution in [0.5, 0.6) is 0 Å². The summed E-state index contributed by atoms with van der Waals surface area (Å²) in [6, 6.07) is 6.43. The van der Waals surface area contributed by atoms with Crippen molar-refractivity contribution in [2.24, 2.45) is 11.7 Å². The molecular formula is C17H25Cl2N3O2. The molecule has 3 N–H and O–H groups in total. The highest BCUT2D eigenvalue weighted by molar-refractivity contribution is 6.33. The summed E-state index contributed by atoms with van der Waals surface area (Å²) in [5.74, 6) is -0.381. The van der Waals surface area contributed by atoms with E-state index in [1.165, 1.54) is 0 Å². The number of piperidine rings is 1. The second-order valence-electron chi connectivity index (χ2n) is 6.34. The number of hydrogen-bond donors (Lipinski definition) is 2. The first kappa shape index (κ1) is 20.7. The largest absolute Gasteiger partial charge is 0.341 e. The lowest BCUT2D eigenvalue weighted by molar-refractivity contribution is -0.135. The first-order valence-corrected chi connectivity index (χ1v) is 8.37. The summed E-state index contributed by atoms with van der Waals surface area (Å²) in [5, 5.41) is 3.21. The molecule has 1 aromatic rings. The first-order valence-electron chi connectivity index (χ1n) is 8.00. The van der Waals surface area contributed by atoms with E-state index in [0.29, 0.717) is 23.7 Å². The Morgan fingerprint density at radius 3 is 2.38 bits per heavy atom. The van der Waals surface area contributed by atoms with Gasteiger partial charge in [0.05, 0.1) is 10.6 Å². The summed E-state index contributed by atoms with van der Waals surface area (Å²) in [6.07, 6.45) is 1.60. The molecule has 24 heavy (non-hydrogen) atoms. The number of benzene rings is 1. The van der Waals surface area contributed by atoms with Crippen molar-refractivity contribution in [1.29, 1.82) is 0 Å². The van der Waals surface area contributed by atoms with Crippen molar-refractivity contribution in [3.8, 4) is 0 Å². The van der Waals surface area contributed by atoms with Crippen molar-refractivity contribution in [2.45, 2.75) is 38.8 Å². The molecule has 1 fully saturated rings. The minimum Gasteiger partial charge on any atom is -0.341 e. The topological polar surface area (TPSA) is 75.4 Å². The molecule has 1 saturated heterocycles.